The predicted octanol–water partition coefficient (Wildman–Crippen LogP) is 2.10. The lowest BCUT2D eigenvalue weighted by Crippen LogP contribution is -2.63. The fourth-order valence-electron chi connectivity index (χ4n) is 2.16. The van der Waals surface area contributed by atoms with Crippen LogP contribution in [0.1, 0.15) is 33.6 Å². The van der Waals surface area contributed by atoms with Gasteiger partial charge in [0.25, 0.3) is 6.43 Å². The van der Waals surface area contributed by atoms with Crippen molar-refractivity contribution in [2.75, 3.05) is 19.6 Å². The van der Waals surface area contributed by atoms with Gasteiger partial charge in [0.05, 0.1) is 6.54 Å². The number of rotatable bonds is 4. The molecule has 1 saturated heterocycles. The normalized spacial score (nSPS) is 33.6. The van der Waals surface area contributed by atoms with Gasteiger partial charge in [0.15, 0.2) is 0 Å². The molecule has 0 aromatic rings. The second-order valence-corrected chi connectivity index (χ2v) is 4.68. The number of halogens is 2. The Hall–Kier alpha value is -0.220. The molecule has 15 heavy (non-hydrogen) atoms. The smallest absolute Gasteiger partial charge is 0.251 e. The zero-order valence-electron chi connectivity index (χ0n) is 9.89. The first-order valence-corrected chi connectivity index (χ1v) is 5.78. The molecule has 1 fully saturated rings. The van der Waals surface area contributed by atoms with Gasteiger partial charge in [-0.3, -0.25) is 4.90 Å². The molecule has 0 saturated carbocycles. The number of alkyl halides is 2. The highest BCUT2D eigenvalue weighted by atomic mass is 19.3. The zero-order chi connectivity index (χ0) is 11.5. The molecule has 90 valence electrons. The van der Waals surface area contributed by atoms with Crippen LogP contribution in [0.5, 0.6) is 0 Å². The average molecular weight is 220 g/mol. The lowest BCUT2D eigenvalue weighted by atomic mass is 9.93. The maximum Gasteiger partial charge on any atom is 0.251 e. The molecule has 0 aliphatic carbocycles. The van der Waals surface area contributed by atoms with Crippen LogP contribution >= 0.6 is 0 Å². The van der Waals surface area contributed by atoms with E-state index in [2.05, 4.69) is 26.1 Å². The summed E-state index contributed by atoms with van der Waals surface area (Å²) >= 11 is 0. The van der Waals surface area contributed by atoms with Gasteiger partial charge >= 0.3 is 0 Å². The second kappa shape index (κ2) is 5.21. The maximum atomic E-state index is 12.4. The van der Waals surface area contributed by atoms with Crippen molar-refractivity contribution in [2.45, 2.75) is 51.6 Å². The van der Waals surface area contributed by atoms with Crippen LogP contribution in [0.15, 0.2) is 0 Å². The van der Waals surface area contributed by atoms with Crippen LogP contribution in [0.2, 0.25) is 0 Å². The minimum absolute atomic E-state index is 0.000556. The third-order valence-electron chi connectivity index (χ3n) is 3.46. The summed E-state index contributed by atoms with van der Waals surface area (Å²) in [4.78, 5) is 1.94. The first kappa shape index (κ1) is 12.8. The molecule has 2 unspecified atom stereocenters. The van der Waals surface area contributed by atoms with Crippen molar-refractivity contribution in [1.82, 2.24) is 10.2 Å². The Morgan fingerprint density at radius 3 is 2.60 bits per heavy atom. The van der Waals surface area contributed by atoms with E-state index in [1.54, 1.807) is 0 Å². The van der Waals surface area contributed by atoms with Crippen molar-refractivity contribution in [3.8, 4) is 0 Å². The molecule has 1 aliphatic rings. The lowest BCUT2D eigenvalue weighted by Gasteiger charge is -2.45. The Morgan fingerprint density at radius 2 is 2.13 bits per heavy atom. The highest BCUT2D eigenvalue weighted by molar-refractivity contribution is 4.94. The van der Waals surface area contributed by atoms with E-state index in [0.29, 0.717) is 0 Å². The first-order chi connectivity index (χ1) is 7.00. The van der Waals surface area contributed by atoms with E-state index < -0.39 is 6.43 Å². The number of piperazine rings is 1. The van der Waals surface area contributed by atoms with E-state index in [9.17, 15) is 8.78 Å². The van der Waals surface area contributed by atoms with Crippen LogP contribution in [-0.2, 0) is 0 Å². The van der Waals surface area contributed by atoms with Crippen molar-refractivity contribution in [2.24, 2.45) is 0 Å². The summed E-state index contributed by atoms with van der Waals surface area (Å²) in [5, 5.41) is 3.46. The minimum Gasteiger partial charge on any atom is -0.309 e. The van der Waals surface area contributed by atoms with Crippen LogP contribution in [-0.4, -0.2) is 42.5 Å². The largest absolute Gasteiger partial charge is 0.309 e. The molecule has 0 radical (unpaired) electrons. The van der Waals surface area contributed by atoms with E-state index in [4.69, 9.17) is 0 Å². The van der Waals surface area contributed by atoms with Crippen LogP contribution < -0.4 is 5.32 Å². The second-order valence-electron chi connectivity index (χ2n) is 4.68. The van der Waals surface area contributed by atoms with Crippen LogP contribution in [0, 0.1) is 0 Å². The SMILES string of the molecule is CCC1CNC(C)(CC)CN1CC(F)F. The Morgan fingerprint density at radius 1 is 1.47 bits per heavy atom. The van der Waals surface area contributed by atoms with Crippen LogP contribution in [0.3, 0.4) is 0 Å². The number of nitrogens with zero attached hydrogens (tertiary/aromatic N) is 1. The Labute approximate surface area is 91.0 Å². The number of nitrogens with one attached hydrogen (secondary N) is 1. The molecule has 0 spiro atoms. The first-order valence-electron chi connectivity index (χ1n) is 5.78. The minimum atomic E-state index is -2.22. The van der Waals surface area contributed by atoms with E-state index in [-0.39, 0.29) is 18.1 Å². The molecule has 0 aromatic heterocycles. The summed E-state index contributed by atoms with van der Waals surface area (Å²) in [6.07, 6.45) is -0.318. The summed E-state index contributed by atoms with van der Waals surface area (Å²) in [5.41, 5.74) is 0.000556. The number of hydrogen-bond acceptors (Lipinski definition) is 2. The Balaban J connectivity index is 2.61. The summed E-state index contributed by atoms with van der Waals surface area (Å²) in [6, 6.07) is 0.263. The third-order valence-corrected chi connectivity index (χ3v) is 3.46. The van der Waals surface area contributed by atoms with Gasteiger partial charge in [-0.2, -0.15) is 0 Å². The summed E-state index contributed by atoms with van der Waals surface area (Å²) < 4.78 is 24.8. The Kier molecular flexibility index (Phi) is 4.46. The molecule has 2 atom stereocenters. The Bertz CT molecular complexity index is 199. The van der Waals surface area contributed by atoms with Crippen LogP contribution in [0.4, 0.5) is 8.78 Å². The summed E-state index contributed by atoms with van der Waals surface area (Å²) in [6.45, 7) is 7.73. The molecule has 0 amide bonds. The van der Waals surface area contributed by atoms with Gasteiger partial charge in [-0.15, -0.1) is 0 Å². The molecule has 4 heteroatoms. The zero-order valence-corrected chi connectivity index (χ0v) is 9.89. The fraction of sp³-hybridized carbons (Fsp3) is 1.00. The molecule has 0 bridgehead atoms. The third kappa shape index (κ3) is 3.38. The highest BCUT2D eigenvalue weighted by Crippen LogP contribution is 2.20. The average Bonchev–Trinajstić information content (AvgIpc) is 2.17. The van der Waals surface area contributed by atoms with Gasteiger partial charge in [0.1, 0.15) is 0 Å². The quantitative estimate of drug-likeness (QED) is 0.780. The van der Waals surface area contributed by atoms with Crippen molar-refractivity contribution >= 4 is 0 Å². The molecular formula is C11H22F2N2. The monoisotopic (exact) mass is 220 g/mol. The van der Waals surface area contributed by atoms with Crippen LogP contribution in [0.25, 0.3) is 0 Å². The molecule has 0 aromatic carbocycles. The number of hydrogen-bond donors (Lipinski definition) is 1. The van der Waals surface area contributed by atoms with Gasteiger partial charge in [0, 0.05) is 24.7 Å². The van der Waals surface area contributed by atoms with Gasteiger partial charge in [0.2, 0.25) is 0 Å². The summed E-state index contributed by atoms with van der Waals surface area (Å²) in [7, 11) is 0. The van der Waals surface area contributed by atoms with Gasteiger partial charge in [-0.05, 0) is 19.8 Å². The predicted molar refractivity (Wildman–Crippen MR) is 58.4 cm³/mol. The maximum absolute atomic E-state index is 12.4. The van der Waals surface area contributed by atoms with Gasteiger partial charge in [-0.1, -0.05) is 13.8 Å². The molecule has 1 heterocycles. The topological polar surface area (TPSA) is 15.3 Å². The van der Waals surface area contributed by atoms with Gasteiger partial charge < -0.3 is 5.32 Å². The summed E-state index contributed by atoms with van der Waals surface area (Å²) in [5.74, 6) is 0. The molecule has 1 aliphatic heterocycles. The van der Waals surface area contributed by atoms with E-state index in [1.165, 1.54) is 0 Å². The van der Waals surface area contributed by atoms with Crippen molar-refractivity contribution in [3.05, 3.63) is 0 Å². The van der Waals surface area contributed by atoms with Crippen molar-refractivity contribution < 1.29 is 8.78 Å². The highest BCUT2D eigenvalue weighted by Gasteiger charge is 2.34. The lowest BCUT2D eigenvalue weighted by molar-refractivity contribution is 0.0218. The standard InChI is InChI=1S/C11H22F2N2/c1-4-9-6-14-11(3,5-2)8-15(9)7-10(12)13/h9-10,14H,4-8H2,1-3H3. The van der Waals surface area contributed by atoms with Gasteiger partial charge in [-0.25, -0.2) is 8.78 Å². The van der Waals surface area contributed by atoms with Crippen molar-refractivity contribution in [3.63, 3.8) is 0 Å². The van der Waals surface area contributed by atoms with E-state index >= 15 is 0 Å². The molecular weight excluding hydrogens is 198 g/mol. The van der Waals surface area contributed by atoms with E-state index in [1.807, 2.05) is 4.90 Å². The van der Waals surface area contributed by atoms with Crippen molar-refractivity contribution in [1.29, 1.82) is 0 Å². The van der Waals surface area contributed by atoms with E-state index in [0.717, 1.165) is 25.9 Å². The molecule has 2 nitrogen and oxygen atoms in total. The molecule has 1 rings (SSSR count). The molecule has 1 N–H and O–H groups in total. The fourth-order valence-corrected chi connectivity index (χ4v) is 2.16.